The average molecular weight is 256 g/mol. The van der Waals surface area contributed by atoms with Gasteiger partial charge in [0.25, 0.3) is 0 Å². The molecule has 1 N–H and O–H groups in total. The average Bonchev–Trinajstić information content (AvgIpc) is 2.79. The van der Waals surface area contributed by atoms with Crippen LogP contribution in [0.3, 0.4) is 0 Å². The standard InChI is InChI=1S/C14H28N2S/c1-2-6-15-10-14-3-7-16(12-14)11-13-4-8-17-9-5-13/h13-15H,2-12H2,1H3. The van der Waals surface area contributed by atoms with Crippen LogP contribution < -0.4 is 5.32 Å². The second kappa shape index (κ2) is 7.65. The highest BCUT2D eigenvalue weighted by molar-refractivity contribution is 7.99. The molecule has 2 nitrogen and oxygen atoms in total. The van der Waals surface area contributed by atoms with Crippen molar-refractivity contribution < 1.29 is 0 Å². The lowest BCUT2D eigenvalue weighted by molar-refractivity contribution is 0.258. The Morgan fingerprint density at radius 3 is 2.76 bits per heavy atom. The fraction of sp³-hybridized carbons (Fsp3) is 1.00. The third kappa shape index (κ3) is 4.80. The maximum absolute atomic E-state index is 3.57. The summed E-state index contributed by atoms with van der Waals surface area (Å²) in [5.41, 5.74) is 0. The van der Waals surface area contributed by atoms with Gasteiger partial charge in [0.15, 0.2) is 0 Å². The predicted molar refractivity (Wildman–Crippen MR) is 77.8 cm³/mol. The van der Waals surface area contributed by atoms with Crippen molar-refractivity contribution in [3.8, 4) is 0 Å². The largest absolute Gasteiger partial charge is 0.316 e. The van der Waals surface area contributed by atoms with E-state index >= 15 is 0 Å². The first-order valence-electron chi connectivity index (χ1n) is 7.39. The van der Waals surface area contributed by atoms with Gasteiger partial charge in [0.1, 0.15) is 0 Å². The first-order chi connectivity index (χ1) is 8.38. The van der Waals surface area contributed by atoms with E-state index in [1.54, 1.807) is 0 Å². The van der Waals surface area contributed by atoms with Crippen molar-refractivity contribution in [2.75, 3.05) is 44.2 Å². The Bertz CT molecular complexity index is 204. The van der Waals surface area contributed by atoms with Crippen LogP contribution in [0.4, 0.5) is 0 Å². The summed E-state index contributed by atoms with van der Waals surface area (Å²) in [5, 5.41) is 3.57. The molecule has 1 atom stereocenters. The number of nitrogens with zero attached hydrogens (tertiary/aromatic N) is 1. The van der Waals surface area contributed by atoms with Gasteiger partial charge in [-0.25, -0.2) is 0 Å². The minimum absolute atomic E-state index is 0.916. The predicted octanol–water partition coefficient (Wildman–Crippen LogP) is 2.45. The van der Waals surface area contributed by atoms with E-state index in [9.17, 15) is 0 Å². The van der Waals surface area contributed by atoms with Gasteiger partial charge < -0.3 is 10.2 Å². The quantitative estimate of drug-likeness (QED) is 0.735. The van der Waals surface area contributed by atoms with Crippen molar-refractivity contribution >= 4 is 11.8 Å². The van der Waals surface area contributed by atoms with Gasteiger partial charge in [0.2, 0.25) is 0 Å². The van der Waals surface area contributed by atoms with Crippen LogP contribution in [0.25, 0.3) is 0 Å². The van der Waals surface area contributed by atoms with Crippen molar-refractivity contribution in [3.05, 3.63) is 0 Å². The van der Waals surface area contributed by atoms with Crippen LogP contribution in [0, 0.1) is 11.8 Å². The maximum atomic E-state index is 3.57. The van der Waals surface area contributed by atoms with Gasteiger partial charge in [-0.1, -0.05) is 6.92 Å². The summed E-state index contributed by atoms with van der Waals surface area (Å²) in [6.45, 7) is 8.75. The van der Waals surface area contributed by atoms with Gasteiger partial charge in [0, 0.05) is 13.1 Å². The van der Waals surface area contributed by atoms with Gasteiger partial charge in [0.05, 0.1) is 0 Å². The Kier molecular flexibility index (Phi) is 6.16. The molecule has 0 spiro atoms. The topological polar surface area (TPSA) is 15.3 Å². The van der Waals surface area contributed by atoms with Crippen molar-refractivity contribution in [1.29, 1.82) is 0 Å². The molecule has 2 aliphatic rings. The number of thioether (sulfide) groups is 1. The van der Waals surface area contributed by atoms with E-state index in [-0.39, 0.29) is 0 Å². The van der Waals surface area contributed by atoms with E-state index in [0.29, 0.717) is 0 Å². The molecule has 0 amide bonds. The number of rotatable bonds is 6. The van der Waals surface area contributed by atoms with Crippen molar-refractivity contribution in [2.24, 2.45) is 11.8 Å². The lowest BCUT2D eigenvalue weighted by Crippen LogP contribution is -2.31. The van der Waals surface area contributed by atoms with Crippen LogP contribution in [0.1, 0.15) is 32.6 Å². The Balaban J connectivity index is 1.60. The minimum atomic E-state index is 0.916. The zero-order valence-electron chi connectivity index (χ0n) is 11.3. The summed E-state index contributed by atoms with van der Waals surface area (Å²) < 4.78 is 0. The Labute approximate surface area is 111 Å². The van der Waals surface area contributed by atoms with Gasteiger partial charge in [-0.15, -0.1) is 0 Å². The molecule has 0 radical (unpaired) electrons. The molecule has 0 aromatic carbocycles. The minimum Gasteiger partial charge on any atom is -0.316 e. The van der Waals surface area contributed by atoms with Crippen molar-refractivity contribution in [2.45, 2.75) is 32.6 Å². The molecule has 17 heavy (non-hydrogen) atoms. The molecule has 0 aliphatic carbocycles. The van der Waals surface area contributed by atoms with E-state index in [1.165, 1.54) is 69.9 Å². The van der Waals surface area contributed by atoms with E-state index in [4.69, 9.17) is 0 Å². The molecule has 0 aromatic heterocycles. The van der Waals surface area contributed by atoms with Gasteiger partial charge in [-0.05, 0) is 68.7 Å². The summed E-state index contributed by atoms with van der Waals surface area (Å²) in [6, 6.07) is 0. The first-order valence-corrected chi connectivity index (χ1v) is 8.54. The number of likely N-dealkylation sites (tertiary alicyclic amines) is 1. The van der Waals surface area contributed by atoms with E-state index in [0.717, 1.165) is 11.8 Å². The summed E-state index contributed by atoms with van der Waals surface area (Å²) in [6.07, 6.45) is 5.59. The normalized spacial score (nSPS) is 27.7. The third-order valence-electron chi connectivity index (χ3n) is 4.09. The van der Waals surface area contributed by atoms with Gasteiger partial charge in [-0.2, -0.15) is 11.8 Å². The zero-order valence-corrected chi connectivity index (χ0v) is 12.1. The second-order valence-corrected chi connectivity index (χ2v) is 6.90. The lowest BCUT2D eigenvalue weighted by atomic mass is 10.0. The highest BCUT2D eigenvalue weighted by Crippen LogP contribution is 2.25. The lowest BCUT2D eigenvalue weighted by Gasteiger charge is -2.26. The van der Waals surface area contributed by atoms with Crippen LogP contribution in [0.15, 0.2) is 0 Å². The van der Waals surface area contributed by atoms with Crippen LogP contribution in [0.5, 0.6) is 0 Å². The summed E-state index contributed by atoms with van der Waals surface area (Å²) >= 11 is 2.14. The molecule has 2 rings (SSSR count). The number of hydrogen-bond donors (Lipinski definition) is 1. The third-order valence-corrected chi connectivity index (χ3v) is 5.14. The molecule has 2 aliphatic heterocycles. The second-order valence-electron chi connectivity index (χ2n) is 5.67. The highest BCUT2D eigenvalue weighted by atomic mass is 32.2. The van der Waals surface area contributed by atoms with Crippen LogP contribution in [-0.4, -0.2) is 49.1 Å². The highest BCUT2D eigenvalue weighted by Gasteiger charge is 2.25. The Morgan fingerprint density at radius 2 is 2.00 bits per heavy atom. The molecule has 2 saturated heterocycles. The maximum Gasteiger partial charge on any atom is 0.00224 e. The fourth-order valence-corrected chi connectivity index (χ4v) is 4.23. The van der Waals surface area contributed by atoms with E-state index in [1.807, 2.05) is 0 Å². The SMILES string of the molecule is CCCNCC1CCN(CC2CCSCC2)C1. The number of nitrogens with one attached hydrogen (secondary N) is 1. The fourth-order valence-electron chi connectivity index (χ4n) is 3.02. The molecular weight excluding hydrogens is 228 g/mol. The van der Waals surface area contributed by atoms with Crippen LogP contribution >= 0.6 is 11.8 Å². The number of hydrogen-bond acceptors (Lipinski definition) is 3. The van der Waals surface area contributed by atoms with Crippen LogP contribution in [0.2, 0.25) is 0 Å². The Hall–Kier alpha value is 0.270. The first kappa shape index (κ1) is 13.7. The molecular formula is C14H28N2S. The van der Waals surface area contributed by atoms with Crippen LogP contribution in [-0.2, 0) is 0 Å². The molecule has 100 valence electrons. The van der Waals surface area contributed by atoms with Gasteiger partial charge in [-0.3, -0.25) is 0 Å². The summed E-state index contributed by atoms with van der Waals surface area (Å²) in [7, 11) is 0. The molecule has 1 unspecified atom stereocenters. The van der Waals surface area contributed by atoms with E-state index in [2.05, 4.69) is 28.9 Å². The molecule has 2 fully saturated rings. The van der Waals surface area contributed by atoms with Gasteiger partial charge >= 0.3 is 0 Å². The molecule has 0 saturated carbocycles. The molecule has 2 heterocycles. The summed E-state index contributed by atoms with van der Waals surface area (Å²) in [4.78, 5) is 2.72. The smallest absolute Gasteiger partial charge is 0.00224 e. The summed E-state index contributed by atoms with van der Waals surface area (Å²) in [5.74, 6) is 4.72. The van der Waals surface area contributed by atoms with E-state index < -0.39 is 0 Å². The monoisotopic (exact) mass is 256 g/mol. The molecule has 0 aromatic rings. The van der Waals surface area contributed by atoms with Crippen molar-refractivity contribution in [3.63, 3.8) is 0 Å². The van der Waals surface area contributed by atoms with Crippen molar-refractivity contribution in [1.82, 2.24) is 10.2 Å². The molecule has 0 bridgehead atoms. The zero-order chi connectivity index (χ0) is 11.9. The Morgan fingerprint density at radius 1 is 1.18 bits per heavy atom. The molecule has 3 heteroatoms.